The van der Waals surface area contributed by atoms with Gasteiger partial charge in [0.15, 0.2) is 9.84 Å². The van der Waals surface area contributed by atoms with E-state index in [1.165, 1.54) is 24.3 Å². The second kappa shape index (κ2) is 8.33. The first-order valence-electron chi connectivity index (χ1n) is 8.11. The predicted molar refractivity (Wildman–Crippen MR) is 101 cm³/mol. The lowest BCUT2D eigenvalue weighted by molar-refractivity contribution is 0.0942. The zero-order chi connectivity index (χ0) is 19.3. The number of hydrogen-bond acceptors (Lipinski definition) is 5. The van der Waals surface area contributed by atoms with Crippen molar-refractivity contribution in [2.24, 2.45) is 0 Å². The lowest BCUT2D eigenvalue weighted by atomic mass is 10.1. The molecule has 0 saturated carbocycles. The van der Waals surface area contributed by atoms with Crippen LogP contribution in [0.15, 0.2) is 53.4 Å². The molecule has 1 atom stereocenters. The molecule has 2 aromatic carbocycles. The van der Waals surface area contributed by atoms with Crippen LogP contribution in [0.1, 0.15) is 22.0 Å². The van der Waals surface area contributed by atoms with Gasteiger partial charge in [0.05, 0.1) is 18.0 Å². The van der Waals surface area contributed by atoms with Crippen LogP contribution in [0, 0.1) is 0 Å². The van der Waals surface area contributed by atoms with Crippen molar-refractivity contribution in [2.75, 3.05) is 34.0 Å². The lowest BCUT2D eigenvalue weighted by Crippen LogP contribution is -2.34. The molecular formula is C19H24N2O4S. The van der Waals surface area contributed by atoms with Gasteiger partial charge in [0.1, 0.15) is 5.75 Å². The summed E-state index contributed by atoms with van der Waals surface area (Å²) >= 11 is 0. The van der Waals surface area contributed by atoms with Crippen molar-refractivity contribution in [2.45, 2.75) is 10.9 Å². The van der Waals surface area contributed by atoms with Gasteiger partial charge in [0, 0.05) is 18.4 Å². The molecular weight excluding hydrogens is 352 g/mol. The Bertz CT molecular complexity index is 844. The van der Waals surface area contributed by atoms with Crippen molar-refractivity contribution in [3.05, 3.63) is 59.7 Å². The molecule has 0 bridgehead atoms. The number of ether oxygens (including phenoxy) is 1. The SMILES string of the molecule is COc1ccc(C(CNC(=O)c2ccc(S(C)(=O)=O)cc2)N(C)C)cc1. The fourth-order valence-electron chi connectivity index (χ4n) is 2.57. The fraction of sp³-hybridized carbons (Fsp3) is 0.316. The molecule has 0 aromatic heterocycles. The Morgan fingerprint density at radius 1 is 1.08 bits per heavy atom. The minimum absolute atomic E-state index is 0.000138. The van der Waals surface area contributed by atoms with Gasteiger partial charge in [-0.25, -0.2) is 8.42 Å². The largest absolute Gasteiger partial charge is 0.497 e. The van der Waals surface area contributed by atoms with Crippen LogP contribution in [0.3, 0.4) is 0 Å². The van der Waals surface area contributed by atoms with Crippen molar-refractivity contribution >= 4 is 15.7 Å². The van der Waals surface area contributed by atoms with Gasteiger partial charge in [0.25, 0.3) is 5.91 Å². The minimum atomic E-state index is -3.27. The average Bonchev–Trinajstić information content (AvgIpc) is 2.61. The number of rotatable bonds is 7. The van der Waals surface area contributed by atoms with Crippen LogP contribution in [0.2, 0.25) is 0 Å². The van der Waals surface area contributed by atoms with Gasteiger partial charge >= 0.3 is 0 Å². The Balaban J connectivity index is 2.07. The number of carbonyl (C=O) groups is 1. The van der Waals surface area contributed by atoms with Crippen molar-refractivity contribution in [3.8, 4) is 5.75 Å². The second-order valence-corrected chi connectivity index (χ2v) is 8.27. The number of sulfone groups is 1. The molecule has 0 aliphatic rings. The van der Waals surface area contributed by atoms with E-state index in [1.807, 2.05) is 43.3 Å². The minimum Gasteiger partial charge on any atom is -0.497 e. The summed E-state index contributed by atoms with van der Waals surface area (Å²) in [6.07, 6.45) is 1.14. The van der Waals surface area contributed by atoms with E-state index >= 15 is 0 Å². The highest BCUT2D eigenvalue weighted by Gasteiger charge is 2.16. The summed E-state index contributed by atoms with van der Waals surface area (Å²) in [5, 5.41) is 2.90. The first-order chi connectivity index (χ1) is 12.2. The zero-order valence-corrected chi connectivity index (χ0v) is 16.2. The summed E-state index contributed by atoms with van der Waals surface area (Å²) in [4.78, 5) is 14.6. The summed E-state index contributed by atoms with van der Waals surface area (Å²) in [6.45, 7) is 0.423. The number of amides is 1. The van der Waals surface area contributed by atoms with Gasteiger partial charge in [-0.3, -0.25) is 4.79 Å². The second-order valence-electron chi connectivity index (χ2n) is 6.26. The Hall–Kier alpha value is -2.38. The number of nitrogens with one attached hydrogen (secondary N) is 1. The molecule has 1 N–H and O–H groups in total. The number of carbonyl (C=O) groups excluding carboxylic acids is 1. The molecule has 2 rings (SSSR count). The molecule has 0 aliphatic heterocycles. The van der Waals surface area contributed by atoms with Crippen LogP contribution in [-0.2, 0) is 9.84 Å². The summed E-state index contributed by atoms with van der Waals surface area (Å²) < 4.78 is 28.2. The number of likely N-dealkylation sites (N-methyl/N-ethyl adjacent to an activating group) is 1. The van der Waals surface area contributed by atoms with Crippen molar-refractivity contribution in [1.82, 2.24) is 10.2 Å². The Morgan fingerprint density at radius 2 is 1.65 bits per heavy atom. The summed E-state index contributed by atoms with van der Waals surface area (Å²) in [5.74, 6) is 0.534. The molecule has 0 saturated heterocycles. The average molecular weight is 376 g/mol. The lowest BCUT2D eigenvalue weighted by Gasteiger charge is -2.25. The van der Waals surface area contributed by atoms with Gasteiger partial charge < -0.3 is 15.0 Å². The van der Waals surface area contributed by atoms with Crippen LogP contribution in [0.25, 0.3) is 0 Å². The molecule has 1 amide bonds. The third-order valence-electron chi connectivity index (χ3n) is 4.12. The highest BCUT2D eigenvalue weighted by atomic mass is 32.2. The van der Waals surface area contributed by atoms with E-state index in [2.05, 4.69) is 5.32 Å². The van der Waals surface area contributed by atoms with E-state index < -0.39 is 9.84 Å². The van der Waals surface area contributed by atoms with E-state index in [0.29, 0.717) is 12.1 Å². The molecule has 0 fully saturated rings. The molecule has 26 heavy (non-hydrogen) atoms. The van der Waals surface area contributed by atoms with Gasteiger partial charge in [-0.1, -0.05) is 12.1 Å². The molecule has 1 unspecified atom stereocenters. The van der Waals surface area contributed by atoms with E-state index in [1.54, 1.807) is 7.11 Å². The van der Waals surface area contributed by atoms with E-state index in [9.17, 15) is 13.2 Å². The van der Waals surface area contributed by atoms with Crippen LogP contribution in [0.4, 0.5) is 0 Å². The maximum atomic E-state index is 12.4. The maximum absolute atomic E-state index is 12.4. The Labute approximate surface area is 154 Å². The molecule has 0 spiro atoms. The topological polar surface area (TPSA) is 75.7 Å². The summed E-state index contributed by atoms with van der Waals surface area (Å²) in [5.41, 5.74) is 1.48. The third-order valence-corrected chi connectivity index (χ3v) is 5.25. The molecule has 2 aromatic rings. The normalized spacial score (nSPS) is 12.7. The van der Waals surface area contributed by atoms with Crippen molar-refractivity contribution in [1.29, 1.82) is 0 Å². The summed E-state index contributed by atoms with van der Waals surface area (Å²) in [6, 6.07) is 13.6. The number of nitrogens with zero attached hydrogens (tertiary/aromatic N) is 1. The molecule has 0 radical (unpaired) electrons. The predicted octanol–water partition coefficient (Wildman–Crippen LogP) is 2.13. The Morgan fingerprint density at radius 3 is 2.12 bits per heavy atom. The number of benzene rings is 2. The number of methoxy groups -OCH3 is 1. The van der Waals surface area contributed by atoms with E-state index in [4.69, 9.17) is 4.74 Å². The molecule has 7 heteroatoms. The van der Waals surface area contributed by atoms with Crippen LogP contribution in [0.5, 0.6) is 5.75 Å². The summed E-state index contributed by atoms with van der Waals surface area (Å²) in [7, 11) is 2.24. The molecule has 6 nitrogen and oxygen atoms in total. The Kier molecular flexibility index (Phi) is 6.39. The molecule has 0 aliphatic carbocycles. The molecule has 140 valence electrons. The standard InChI is InChI=1S/C19H24N2O4S/c1-21(2)18(14-5-9-16(25-3)10-6-14)13-20-19(22)15-7-11-17(12-8-15)26(4,23)24/h5-12,18H,13H2,1-4H3,(H,20,22). The van der Waals surface area contributed by atoms with Gasteiger partial charge in [-0.2, -0.15) is 0 Å². The van der Waals surface area contributed by atoms with E-state index in [0.717, 1.165) is 17.6 Å². The first kappa shape index (κ1) is 19.9. The zero-order valence-electron chi connectivity index (χ0n) is 15.4. The fourth-order valence-corrected chi connectivity index (χ4v) is 3.20. The van der Waals surface area contributed by atoms with Gasteiger partial charge in [-0.15, -0.1) is 0 Å². The van der Waals surface area contributed by atoms with Gasteiger partial charge in [0.2, 0.25) is 0 Å². The monoisotopic (exact) mass is 376 g/mol. The quantitative estimate of drug-likeness (QED) is 0.801. The van der Waals surface area contributed by atoms with Crippen molar-refractivity contribution < 1.29 is 17.9 Å². The van der Waals surface area contributed by atoms with Crippen LogP contribution in [-0.4, -0.2) is 53.2 Å². The van der Waals surface area contributed by atoms with Crippen LogP contribution < -0.4 is 10.1 Å². The maximum Gasteiger partial charge on any atom is 0.251 e. The van der Waals surface area contributed by atoms with Crippen molar-refractivity contribution in [3.63, 3.8) is 0 Å². The first-order valence-corrected chi connectivity index (χ1v) is 10.00. The highest BCUT2D eigenvalue weighted by molar-refractivity contribution is 7.90. The number of hydrogen-bond donors (Lipinski definition) is 1. The van der Waals surface area contributed by atoms with Gasteiger partial charge in [-0.05, 0) is 56.1 Å². The molecule has 0 heterocycles. The smallest absolute Gasteiger partial charge is 0.251 e. The highest BCUT2D eigenvalue weighted by Crippen LogP contribution is 2.21. The van der Waals surface area contributed by atoms with Crippen LogP contribution >= 0.6 is 0 Å². The third kappa shape index (κ3) is 5.06. The van der Waals surface area contributed by atoms with E-state index in [-0.39, 0.29) is 16.8 Å².